The van der Waals surface area contributed by atoms with Gasteiger partial charge in [0, 0.05) is 0 Å². The summed E-state index contributed by atoms with van der Waals surface area (Å²) in [7, 11) is 2.88. The van der Waals surface area contributed by atoms with Gasteiger partial charge < -0.3 is 18.9 Å². The molecule has 1 aliphatic carbocycles. The van der Waals surface area contributed by atoms with Crippen molar-refractivity contribution >= 4 is 17.9 Å². The normalized spacial score (nSPS) is 18.0. The minimum Gasteiger partial charge on any atom is -0.497 e. The molecule has 0 bridgehead atoms. The van der Waals surface area contributed by atoms with Crippen molar-refractivity contribution in [1.82, 2.24) is 0 Å². The standard InChI is InChI=1S/C24H26O7/c1-15-14-20(12-13-21(15)24(27)29-3)31-23(26)17-6-10-19(11-7-17)30-22(25)16-4-8-18(28-2)9-5-16/h4-5,8-9,12-14,17,19H,6-7,10-11H2,1-3H3. The van der Waals surface area contributed by atoms with E-state index in [1.165, 1.54) is 7.11 Å². The highest BCUT2D eigenvalue weighted by atomic mass is 16.5. The Morgan fingerprint density at radius 2 is 1.48 bits per heavy atom. The minimum absolute atomic E-state index is 0.222. The van der Waals surface area contributed by atoms with Crippen molar-refractivity contribution in [1.29, 1.82) is 0 Å². The van der Waals surface area contributed by atoms with Gasteiger partial charge in [0.15, 0.2) is 0 Å². The SMILES string of the molecule is COC(=O)c1ccc(OC(=O)C2CCC(OC(=O)c3ccc(OC)cc3)CC2)cc1C. The molecular formula is C24H26O7. The third kappa shape index (κ3) is 5.63. The van der Waals surface area contributed by atoms with Crippen molar-refractivity contribution in [3.05, 3.63) is 59.2 Å². The van der Waals surface area contributed by atoms with Crippen molar-refractivity contribution in [2.24, 2.45) is 5.92 Å². The van der Waals surface area contributed by atoms with Crippen LogP contribution in [0, 0.1) is 12.8 Å². The van der Waals surface area contributed by atoms with Crippen molar-refractivity contribution in [3.63, 3.8) is 0 Å². The predicted molar refractivity (Wildman–Crippen MR) is 112 cm³/mol. The average Bonchev–Trinajstić information content (AvgIpc) is 2.79. The second kappa shape index (κ2) is 10.1. The van der Waals surface area contributed by atoms with Gasteiger partial charge in [0.05, 0.1) is 31.3 Å². The molecule has 0 atom stereocenters. The maximum atomic E-state index is 12.5. The molecule has 0 radical (unpaired) electrons. The Labute approximate surface area is 181 Å². The summed E-state index contributed by atoms with van der Waals surface area (Å²) in [6.45, 7) is 1.76. The first-order valence-corrected chi connectivity index (χ1v) is 10.2. The van der Waals surface area contributed by atoms with Gasteiger partial charge in [-0.2, -0.15) is 0 Å². The Hall–Kier alpha value is -3.35. The number of ether oxygens (including phenoxy) is 4. The van der Waals surface area contributed by atoms with Gasteiger partial charge in [-0.25, -0.2) is 9.59 Å². The highest BCUT2D eigenvalue weighted by molar-refractivity contribution is 5.91. The lowest BCUT2D eigenvalue weighted by Gasteiger charge is -2.27. The first-order chi connectivity index (χ1) is 14.9. The highest BCUT2D eigenvalue weighted by Crippen LogP contribution is 2.29. The maximum absolute atomic E-state index is 12.5. The molecule has 1 aliphatic rings. The summed E-state index contributed by atoms with van der Waals surface area (Å²) < 4.78 is 20.9. The van der Waals surface area contributed by atoms with Gasteiger partial charge >= 0.3 is 17.9 Å². The molecule has 164 valence electrons. The van der Waals surface area contributed by atoms with E-state index in [-0.39, 0.29) is 24.0 Å². The van der Waals surface area contributed by atoms with Crippen molar-refractivity contribution < 1.29 is 33.3 Å². The van der Waals surface area contributed by atoms with Gasteiger partial charge in [-0.15, -0.1) is 0 Å². The molecule has 7 nitrogen and oxygen atoms in total. The van der Waals surface area contributed by atoms with Gasteiger partial charge in [0.2, 0.25) is 0 Å². The lowest BCUT2D eigenvalue weighted by molar-refractivity contribution is -0.140. The van der Waals surface area contributed by atoms with Crippen LogP contribution in [0.4, 0.5) is 0 Å². The smallest absolute Gasteiger partial charge is 0.338 e. The number of rotatable bonds is 6. The van der Waals surface area contributed by atoms with E-state index < -0.39 is 5.97 Å². The van der Waals surface area contributed by atoms with Crippen LogP contribution in [-0.2, 0) is 14.3 Å². The summed E-state index contributed by atoms with van der Waals surface area (Å²) in [5.41, 5.74) is 1.57. The molecule has 0 unspecified atom stereocenters. The topological polar surface area (TPSA) is 88.1 Å². The number of carbonyl (C=O) groups excluding carboxylic acids is 3. The Kier molecular flexibility index (Phi) is 7.28. The molecule has 7 heteroatoms. The Bertz CT molecular complexity index is 941. The zero-order valence-corrected chi connectivity index (χ0v) is 17.9. The number of aryl methyl sites for hydroxylation is 1. The van der Waals surface area contributed by atoms with E-state index in [2.05, 4.69) is 0 Å². The molecule has 0 N–H and O–H groups in total. The number of hydrogen-bond donors (Lipinski definition) is 0. The Morgan fingerprint density at radius 1 is 0.839 bits per heavy atom. The van der Waals surface area contributed by atoms with Crippen molar-refractivity contribution in [3.8, 4) is 11.5 Å². The van der Waals surface area contributed by atoms with E-state index in [9.17, 15) is 14.4 Å². The molecule has 0 heterocycles. The zero-order valence-electron chi connectivity index (χ0n) is 17.9. The van der Waals surface area contributed by atoms with Crippen LogP contribution < -0.4 is 9.47 Å². The monoisotopic (exact) mass is 426 g/mol. The van der Waals surface area contributed by atoms with E-state index in [0.717, 1.165) is 0 Å². The molecule has 1 saturated carbocycles. The van der Waals surface area contributed by atoms with Crippen molar-refractivity contribution in [2.45, 2.75) is 38.7 Å². The van der Waals surface area contributed by atoms with E-state index >= 15 is 0 Å². The lowest BCUT2D eigenvalue weighted by atomic mass is 9.87. The first kappa shape index (κ1) is 22.3. The molecule has 0 amide bonds. The van der Waals surface area contributed by atoms with Crippen LogP contribution in [0.25, 0.3) is 0 Å². The third-order valence-electron chi connectivity index (χ3n) is 5.43. The van der Waals surface area contributed by atoms with Crippen LogP contribution in [-0.4, -0.2) is 38.2 Å². The summed E-state index contributed by atoms with van der Waals surface area (Å²) in [4.78, 5) is 36.5. The Morgan fingerprint density at radius 3 is 2.06 bits per heavy atom. The largest absolute Gasteiger partial charge is 0.497 e. The summed E-state index contributed by atoms with van der Waals surface area (Å²) >= 11 is 0. The molecule has 0 aromatic heterocycles. The lowest BCUT2D eigenvalue weighted by Crippen LogP contribution is -2.30. The van der Waals surface area contributed by atoms with E-state index in [0.29, 0.717) is 53.9 Å². The fraction of sp³-hybridized carbons (Fsp3) is 0.375. The van der Waals surface area contributed by atoms with Crippen LogP contribution >= 0.6 is 0 Å². The maximum Gasteiger partial charge on any atom is 0.338 e. The van der Waals surface area contributed by atoms with E-state index in [1.807, 2.05) is 0 Å². The van der Waals surface area contributed by atoms with Crippen LogP contribution in [0.15, 0.2) is 42.5 Å². The average molecular weight is 426 g/mol. The molecule has 0 spiro atoms. The second-order valence-corrected chi connectivity index (χ2v) is 7.50. The molecule has 2 aromatic carbocycles. The fourth-order valence-corrected chi connectivity index (χ4v) is 3.60. The van der Waals surface area contributed by atoms with Crippen molar-refractivity contribution in [2.75, 3.05) is 14.2 Å². The fourth-order valence-electron chi connectivity index (χ4n) is 3.60. The summed E-state index contributed by atoms with van der Waals surface area (Å²) in [6.07, 6.45) is 2.14. The molecule has 2 aromatic rings. The number of methoxy groups -OCH3 is 2. The van der Waals surface area contributed by atoms with E-state index in [1.54, 1.807) is 56.5 Å². The minimum atomic E-state index is -0.433. The molecule has 3 rings (SSSR count). The predicted octanol–water partition coefficient (Wildman–Crippen LogP) is 4.11. The highest BCUT2D eigenvalue weighted by Gasteiger charge is 2.30. The van der Waals surface area contributed by atoms with Gasteiger partial charge in [0.25, 0.3) is 0 Å². The van der Waals surface area contributed by atoms with Crippen LogP contribution in [0.2, 0.25) is 0 Å². The molecule has 1 fully saturated rings. The van der Waals surface area contributed by atoms with Gasteiger partial charge in [-0.05, 0) is 80.6 Å². The summed E-state index contributed by atoms with van der Waals surface area (Å²) in [6, 6.07) is 11.6. The quantitative estimate of drug-likeness (QED) is 0.507. The zero-order chi connectivity index (χ0) is 22.4. The Balaban J connectivity index is 1.49. The van der Waals surface area contributed by atoms with Crippen LogP contribution in [0.1, 0.15) is 52.0 Å². The molecule has 31 heavy (non-hydrogen) atoms. The molecule has 0 aliphatic heterocycles. The number of esters is 3. The summed E-state index contributed by atoms with van der Waals surface area (Å²) in [5, 5.41) is 0. The number of hydrogen-bond acceptors (Lipinski definition) is 7. The van der Waals surface area contributed by atoms with Gasteiger partial charge in [0.1, 0.15) is 17.6 Å². The molecular weight excluding hydrogens is 400 g/mol. The van der Waals surface area contributed by atoms with Gasteiger partial charge in [-0.1, -0.05) is 0 Å². The summed E-state index contributed by atoms with van der Waals surface area (Å²) in [5.74, 6) is -0.316. The second-order valence-electron chi connectivity index (χ2n) is 7.50. The number of carbonyl (C=O) groups is 3. The first-order valence-electron chi connectivity index (χ1n) is 10.2. The van der Waals surface area contributed by atoms with Crippen LogP contribution in [0.5, 0.6) is 11.5 Å². The van der Waals surface area contributed by atoms with Gasteiger partial charge in [-0.3, -0.25) is 4.79 Å². The van der Waals surface area contributed by atoms with Crippen LogP contribution in [0.3, 0.4) is 0 Å². The number of benzene rings is 2. The molecule has 0 saturated heterocycles. The van der Waals surface area contributed by atoms with E-state index in [4.69, 9.17) is 18.9 Å². The third-order valence-corrected chi connectivity index (χ3v) is 5.43.